The molecule has 0 radical (unpaired) electrons. The molecule has 0 aliphatic heterocycles. The van der Waals surface area contributed by atoms with Gasteiger partial charge in [-0.2, -0.15) is 0 Å². The van der Waals surface area contributed by atoms with E-state index in [0.717, 1.165) is 25.3 Å². The zero-order valence-electron chi connectivity index (χ0n) is 12.5. The molecular weight excluding hydrogens is 338 g/mol. The summed E-state index contributed by atoms with van der Waals surface area (Å²) in [7, 11) is 0. The van der Waals surface area contributed by atoms with Gasteiger partial charge in [0.2, 0.25) is 0 Å². The average molecular weight is 351 g/mol. The Bertz CT molecular complexity index is 952. The fourth-order valence-corrected chi connectivity index (χ4v) is 3.88. The Kier molecular flexibility index (Phi) is 4.02. The summed E-state index contributed by atoms with van der Waals surface area (Å²) in [5.74, 6) is 0.572. The molecule has 0 atom stereocenters. The van der Waals surface area contributed by atoms with E-state index in [9.17, 15) is 0 Å². The van der Waals surface area contributed by atoms with Crippen molar-refractivity contribution in [2.24, 2.45) is 0 Å². The van der Waals surface area contributed by atoms with Gasteiger partial charge < -0.3 is 11.1 Å². The molecule has 2 aromatic carbocycles. The van der Waals surface area contributed by atoms with Gasteiger partial charge in [0.1, 0.15) is 17.0 Å². The Morgan fingerprint density at radius 1 is 0.958 bits per heavy atom. The van der Waals surface area contributed by atoms with E-state index in [1.165, 1.54) is 18.1 Å². The minimum absolute atomic E-state index is 0.519. The molecule has 24 heavy (non-hydrogen) atoms. The van der Waals surface area contributed by atoms with Crippen molar-refractivity contribution < 1.29 is 0 Å². The number of aromatic nitrogens is 3. The van der Waals surface area contributed by atoms with Gasteiger partial charge in [0.05, 0.1) is 10.2 Å². The summed E-state index contributed by atoms with van der Waals surface area (Å²) in [5.41, 5.74) is 7.72. The quantitative estimate of drug-likeness (QED) is 0.525. The molecule has 0 saturated heterocycles. The molecule has 5 nitrogen and oxygen atoms in total. The number of nitrogens with two attached hydrogens (primary N) is 1. The molecule has 0 aliphatic rings. The number of nitrogen functional groups attached to an aromatic ring is 1. The van der Waals surface area contributed by atoms with Gasteiger partial charge in [0, 0.05) is 4.90 Å². The molecule has 0 bridgehead atoms. The number of anilines is 3. The van der Waals surface area contributed by atoms with Crippen molar-refractivity contribution in [2.45, 2.75) is 9.92 Å². The van der Waals surface area contributed by atoms with Gasteiger partial charge in [-0.25, -0.2) is 15.0 Å². The van der Waals surface area contributed by atoms with E-state index in [4.69, 9.17) is 5.73 Å². The van der Waals surface area contributed by atoms with Crippen molar-refractivity contribution in [3.05, 3.63) is 60.9 Å². The summed E-state index contributed by atoms with van der Waals surface area (Å²) >= 11 is 3.08. The molecule has 0 unspecified atom stereocenters. The first-order valence-corrected chi connectivity index (χ1v) is 8.89. The molecule has 0 fully saturated rings. The Morgan fingerprint density at radius 3 is 2.58 bits per heavy atom. The first kappa shape index (κ1) is 14.9. The summed E-state index contributed by atoms with van der Waals surface area (Å²) in [4.78, 5) is 14.2. The van der Waals surface area contributed by atoms with Gasteiger partial charge in [-0.15, -0.1) is 0 Å². The second-order valence-corrected chi connectivity index (χ2v) is 7.06. The fraction of sp³-hybridized carbons (Fsp3) is 0. The molecule has 7 heteroatoms. The second kappa shape index (κ2) is 6.46. The number of hydrogen-bond acceptors (Lipinski definition) is 7. The Balaban J connectivity index is 1.62. The highest BCUT2D eigenvalue weighted by Crippen LogP contribution is 2.35. The highest BCUT2D eigenvalue weighted by atomic mass is 32.2. The van der Waals surface area contributed by atoms with Crippen LogP contribution in [0.5, 0.6) is 0 Å². The minimum Gasteiger partial charge on any atom is -0.394 e. The monoisotopic (exact) mass is 351 g/mol. The number of fused-ring (bicyclic) bond motifs is 1. The van der Waals surface area contributed by atoms with Gasteiger partial charge in [-0.3, -0.25) is 0 Å². The van der Waals surface area contributed by atoms with E-state index in [1.807, 2.05) is 54.6 Å². The highest BCUT2D eigenvalue weighted by molar-refractivity contribution is 7.99. The van der Waals surface area contributed by atoms with E-state index in [-0.39, 0.29) is 0 Å². The van der Waals surface area contributed by atoms with Crippen LogP contribution in [0, 0.1) is 0 Å². The van der Waals surface area contributed by atoms with E-state index in [2.05, 4.69) is 20.3 Å². The molecule has 0 spiro atoms. The van der Waals surface area contributed by atoms with Gasteiger partial charge in [-0.1, -0.05) is 53.4 Å². The second-order valence-electron chi connectivity index (χ2n) is 4.97. The lowest BCUT2D eigenvalue weighted by Gasteiger charge is -2.08. The standard InChI is InChI=1S/C17H13N5S2/c18-14-15(22-17-21-12-8-4-5-9-13(12)24-17)19-10-20-16(14)23-11-6-2-1-3-7-11/h1-10H,18H2,(H,19,20,21,22). The van der Waals surface area contributed by atoms with Crippen LogP contribution in [0.1, 0.15) is 0 Å². The lowest BCUT2D eigenvalue weighted by Crippen LogP contribution is -2.02. The summed E-state index contributed by atoms with van der Waals surface area (Å²) in [6, 6.07) is 18.0. The van der Waals surface area contributed by atoms with Crippen LogP contribution in [-0.2, 0) is 0 Å². The van der Waals surface area contributed by atoms with Gasteiger partial charge in [0.15, 0.2) is 10.9 Å². The third-order valence-corrected chi connectivity index (χ3v) is 5.30. The molecule has 4 aromatic rings. The largest absolute Gasteiger partial charge is 0.394 e. The topological polar surface area (TPSA) is 76.7 Å². The van der Waals surface area contributed by atoms with Crippen molar-refractivity contribution in [1.29, 1.82) is 0 Å². The van der Waals surface area contributed by atoms with Crippen molar-refractivity contribution in [3.63, 3.8) is 0 Å². The summed E-state index contributed by atoms with van der Waals surface area (Å²) in [6.45, 7) is 0. The Labute approximate surface area is 147 Å². The zero-order chi connectivity index (χ0) is 16.4. The Morgan fingerprint density at radius 2 is 1.75 bits per heavy atom. The van der Waals surface area contributed by atoms with Gasteiger partial charge in [-0.05, 0) is 24.3 Å². The van der Waals surface area contributed by atoms with E-state index < -0.39 is 0 Å². The predicted molar refractivity (Wildman–Crippen MR) is 99.9 cm³/mol. The molecule has 2 aromatic heterocycles. The van der Waals surface area contributed by atoms with E-state index in [0.29, 0.717) is 11.5 Å². The molecular formula is C17H13N5S2. The van der Waals surface area contributed by atoms with Gasteiger partial charge >= 0.3 is 0 Å². The third-order valence-electron chi connectivity index (χ3n) is 3.32. The minimum atomic E-state index is 0.519. The van der Waals surface area contributed by atoms with Crippen LogP contribution in [0.25, 0.3) is 10.2 Å². The number of benzene rings is 2. The summed E-state index contributed by atoms with van der Waals surface area (Å²) < 4.78 is 1.12. The SMILES string of the molecule is Nc1c(Nc2nc3ccccc3s2)ncnc1Sc1ccccc1. The van der Waals surface area contributed by atoms with Crippen molar-refractivity contribution in [2.75, 3.05) is 11.1 Å². The maximum atomic E-state index is 6.24. The molecule has 0 aliphatic carbocycles. The third kappa shape index (κ3) is 3.04. The van der Waals surface area contributed by atoms with Crippen LogP contribution in [0.4, 0.5) is 16.6 Å². The molecule has 0 saturated carbocycles. The maximum absolute atomic E-state index is 6.24. The van der Waals surface area contributed by atoms with Gasteiger partial charge in [0.25, 0.3) is 0 Å². The van der Waals surface area contributed by atoms with Crippen LogP contribution in [0.3, 0.4) is 0 Å². The summed E-state index contributed by atoms with van der Waals surface area (Å²) in [6.07, 6.45) is 1.51. The molecule has 3 N–H and O–H groups in total. The number of nitrogens with one attached hydrogen (secondary N) is 1. The van der Waals surface area contributed by atoms with E-state index >= 15 is 0 Å². The maximum Gasteiger partial charge on any atom is 0.189 e. The van der Waals surface area contributed by atoms with Crippen LogP contribution < -0.4 is 11.1 Å². The molecule has 4 rings (SSSR count). The lowest BCUT2D eigenvalue weighted by molar-refractivity contribution is 1.06. The highest BCUT2D eigenvalue weighted by Gasteiger charge is 2.11. The van der Waals surface area contributed by atoms with Crippen LogP contribution in [0.2, 0.25) is 0 Å². The summed E-state index contributed by atoms with van der Waals surface area (Å²) in [5, 5.41) is 4.69. The number of thiazole rings is 1. The first-order valence-electron chi connectivity index (χ1n) is 7.25. The molecule has 118 valence electrons. The number of para-hydroxylation sites is 1. The van der Waals surface area contributed by atoms with Crippen molar-refractivity contribution in [1.82, 2.24) is 15.0 Å². The fourth-order valence-electron chi connectivity index (χ4n) is 2.19. The number of nitrogens with zero attached hydrogens (tertiary/aromatic N) is 3. The smallest absolute Gasteiger partial charge is 0.189 e. The predicted octanol–water partition coefficient (Wildman–Crippen LogP) is 4.56. The first-order chi connectivity index (χ1) is 11.8. The molecule has 0 amide bonds. The zero-order valence-corrected chi connectivity index (χ0v) is 14.1. The van der Waals surface area contributed by atoms with Crippen LogP contribution in [0.15, 0.2) is 70.8 Å². The van der Waals surface area contributed by atoms with Crippen molar-refractivity contribution >= 4 is 50.0 Å². The van der Waals surface area contributed by atoms with Crippen LogP contribution in [-0.4, -0.2) is 15.0 Å². The number of hydrogen-bond donors (Lipinski definition) is 2. The normalized spacial score (nSPS) is 10.8. The van der Waals surface area contributed by atoms with Crippen molar-refractivity contribution in [3.8, 4) is 0 Å². The lowest BCUT2D eigenvalue weighted by atomic mass is 10.3. The average Bonchev–Trinajstić information content (AvgIpc) is 3.02. The Hall–Kier alpha value is -2.64. The van der Waals surface area contributed by atoms with Crippen LogP contribution >= 0.6 is 23.1 Å². The van der Waals surface area contributed by atoms with E-state index in [1.54, 1.807) is 11.3 Å². The molecule has 2 heterocycles. The number of rotatable bonds is 4.